The number of carbonyl (C=O) groups is 1. The number of anilines is 1. The van der Waals surface area contributed by atoms with Crippen molar-refractivity contribution in [3.63, 3.8) is 0 Å². The van der Waals surface area contributed by atoms with Crippen LogP contribution in [0.25, 0.3) is 10.2 Å². The van der Waals surface area contributed by atoms with Gasteiger partial charge in [0.15, 0.2) is 5.13 Å². The highest BCUT2D eigenvalue weighted by atomic mass is 35.5. The van der Waals surface area contributed by atoms with Crippen molar-refractivity contribution in [3.8, 4) is 0 Å². The number of hydrogen-bond donors (Lipinski definition) is 0. The molecule has 1 saturated heterocycles. The highest BCUT2D eigenvalue weighted by Crippen LogP contribution is 2.35. The van der Waals surface area contributed by atoms with E-state index in [0.29, 0.717) is 42.6 Å². The summed E-state index contributed by atoms with van der Waals surface area (Å²) in [5.74, 6) is -0.275. The van der Waals surface area contributed by atoms with E-state index in [1.165, 1.54) is 15.6 Å². The Labute approximate surface area is 231 Å². The van der Waals surface area contributed by atoms with Gasteiger partial charge in [-0.15, -0.1) is 0 Å². The van der Waals surface area contributed by atoms with E-state index in [1.807, 2.05) is 50.6 Å². The zero-order valence-electron chi connectivity index (χ0n) is 21.8. The number of amides is 1. The molecular formula is C27H30ClN5O3S2. The number of nitrogens with zero attached hydrogens (tertiary/aromatic N) is 5. The molecule has 38 heavy (non-hydrogen) atoms. The van der Waals surface area contributed by atoms with Crippen molar-refractivity contribution in [1.29, 1.82) is 0 Å². The summed E-state index contributed by atoms with van der Waals surface area (Å²) in [4.78, 5) is 20.8. The van der Waals surface area contributed by atoms with Gasteiger partial charge in [-0.1, -0.05) is 40.6 Å². The van der Waals surface area contributed by atoms with Gasteiger partial charge in [-0.05, 0) is 76.4 Å². The maximum absolute atomic E-state index is 14.2. The van der Waals surface area contributed by atoms with Crippen LogP contribution in [0.3, 0.4) is 0 Å². The SMILES string of the molecule is Cc1ccc(S(=O)(=O)N2CCCC2C(=O)N(CCn2nc(C)cc2C)c2nc3c(C)cc(Cl)cc3s2)cc1. The van der Waals surface area contributed by atoms with E-state index in [0.717, 1.165) is 32.7 Å². The van der Waals surface area contributed by atoms with E-state index in [4.69, 9.17) is 16.6 Å². The molecular weight excluding hydrogens is 542 g/mol. The van der Waals surface area contributed by atoms with Crippen LogP contribution in [-0.4, -0.2) is 52.5 Å². The van der Waals surface area contributed by atoms with E-state index in [1.54, 1.807) is 29.2 Å². The lowest BCUT2D eigenvalue weighted by Crippen LogP contribution is -2.48. The molecule has 0 radical (unpaired) electrons. The number of sulfonamides is 1. The molecule has 11 heteroatoms. The van der Waals surface area contributed by atoms with Gasteiger partial charge in [-0.3, -0.25) is 14.4 Å². The van der Waals surface area contributed by atoms with Crippen LogP contribution in [0.15, 0.2) is 47.4 Å². The number of aromatic nitrogens is 3. The first-order valence-electron chi connectivity index (χ1n) is 12.5. The second-order valence-electron chi connectivity index (χ2n) is 9.79. The second-order valence-corrected chi connectivity index (χ2v) is 13.1. The number of benzene rings is 2. The molecule has 200 valence electrons. The zero-order chi connectivity index (χ0) is 27.2. The predicted octanol–water partition coefficient (Wildman–Crippen LogP) is 5.27. The molecule has 0 saturated carbocycles. The topological polar surface area (TPSA) is 88.4 Å². The molecule has 0 spiro atoms. The first-order chi connectivity index (χ1) is 18.0. The van der Waals surface area contributed by atoms with Crippen LogP contribution < -0.4 is 4.90 Å². The molecule has 4 aromatic rings. The van der Waals surface area contributed by atoms with E-state index >= 15 is 0 Å². The predicted molar refractivity (Wildman–Crippen MR) is 152 cm³/mol. The summed E-state index contributed by atoms with van der Waals surface area (Å²) < 4.78 is 31.3. The molecule has 3 heterocycles. The Balaban J connectivity index is 1.51. The maximum atomic E-state index is 14.2. The molecule has 2 aromatic heterocycles. The molecule has 1 unspecified atom stereocenters. The first kappa shape index (κ1) is 26.8. The molecule has 1 aliphatic heterocycles. The fourth-order valence-electron chi connectivity index (χ4n) is 4.95. The van der Waals surface area contributed by atoms with Crippen LogP contribution in [-0.2, 0) is 21.4 Å². The number of carbonyl (C=O) groups excluding carboxylic acids is 1. The number of rotatable bonds is 7. The van der Waals surface area contributed by atoms with Crippen LogP contribution in [0, 0.1) is 27.7 Å². The van der Waals surface area contributed by atoms with Gasteiger partial charge in [0.25, 0.3) is 0 Å². The van der Waals surface area contributed by atoms with Gasteiger partial charge >= 0.3 is 0 Å². The van der Waals surface area contributed by atoms with Crippen molar-refractivity contribution in [2.24, 2.45) is 0 Å². The highest BCUT2D eigenvalue weighted by Gasteiger charge is 2.42. The molecule has 0 bridgehead atoms. The maximum Gasteiger partial charge on any atom is 0.247 e. The second kappa shape index (κ2) is 10.4. The third kappa shape index (κ3) is 5.10. The Hall–Kier alpha value is -2.79. The lowest BCUT2D eigenvalue weighted by molar-refractivity contribution is -0.121. The molecule has 2 aromatic carbocycles. The Morgan fingerprint density at radius 3 is 2.55 bits per heavy atom. The van der Waals surface area contributed by atoms with E-state index in [9.17, 15) is 13.2 Å². The van der Waals surface area contributed by atoms with E-state index in [-0.39, 0.29) is 10.8 Å². The normalized spacial score (nSPS) is 16.4. The van der Waals surface area contributed by atoms with Crippen molar-refractivity contribution < 1.29 is 13.2 Å². The van der Waals surface area contributed by atoms with Crippen LogP contribution in [0.5, 0.6) is 0 Å². The Kier molecular flexibility index (Phi) is 7.34. The molecule has 0 aliphatic carbocycles. The number of aryl methyl sites for hydroxylation is 4. The molecule has 0 N–H and O–H groups in total. The minimum Gasteiger partial charge on any atom is -0.285 e. The molecule has 1 fully saturated rings. The smallest absolute Gasteiger partial charge is 0.247 e. The molecule has 1 amide bonds. The number of fused-ring (bicyclic) bond motifs is 1. The van der Waals surface area contributed by atoms with Crippen molar-refractivity contribution in [2.45, 2.75) is 58.0 Å². The zero-order valence-corrected chi connectivity index (χ0v) is 24.2. The number of halogens is 1. The summed E-state index contributed by atoms with van der Waals surface area (Å²) in [7, 11) is -3.84. The van der Waals surface area contributed by atoms with Crippen molar-refractivity contribution in [1.82, 2.24) is 19.1 Å². The van der Waals surface area contributed by atoms with Crippen LogP contribution >= 0.6 is 22.9 Å². The van der Waals surface area contributed by atoms with Crippen LogP contribution in [0.4, 0.5) is 5.13 Å². The lowest BCUT2D eigenvalue weighted by Gasteiger charge is -2.28. The Morgan fingerprint density at radius 2 is 1.87 bits per heavy atom. The van der Waals surface area contributed by atoms with Crippen molar-refractivity contribution in [2.75, 3.05) is 18.0 Å². The molecule has 8 nitrogen and oxygen atoms in total. The van der Waals surface area contributed by atoms with Gasteiger partial charge < -0.3 is 0 Å². The Morgan fingerprint density at radius 1 is 1.13 bits per heavy atom. The van der Waals surface area contributed by atoms with Crippen LogP contribution in [0.1, 0.15) is 35.4 Å². The number of thiazole rings is 1. The summed E-state index contributed by atoms with van der Waals surface area (Å²) in [6.07, 6.45) is 1.07. The van der Waals surface area contributed by atoms with Crippen molar-refractivity contribution >= 4 is 54.2 Å². The van der Waals surface area contributed by atoms with Gasteiger partial charge in [-0.25, -0.2) is 13.4 Å². The van der Waals surface area contributed by atoms with Gasteiger partial charge in [-0.2, -0.15) is 9.40 Å². The summed E-state index contributed by atoms with van der Waals surface area (Å²) in [5.41, 5.74) is 4.57. The largest absolute Gasteiger partial charge is 0.285 e. The third-order valence-electron chi connectivity index (χ3n) is 6.89. The summed E-state index contributed by atoms with van der Waals surface area (Å²) in [6, 6.07) is 11.6. The van der Waals surface area contributed by atoms with E-state index < -0.39 is 16.1 Å². The van der Waals surface area contributed by atoms with Crippen molar-refractivity contribution in [3.05, 3.63) is 70.0 Å². The molecule has 1 atom stereocenters. The van der Waals surface area contributed by atoms with Gasteiger partial charge in [0.1, 0.15) is 6.04 Å². The monoisotopic (exact) mass is 571 g/mol. The average molecular weight is 572 g/mol. The summed E-state index contributed by atoms with van der Waals surface area (Å²) in [6.45, 7) is 8.81. The first-order valence-corrected chi connectivity index (χ1v) is 15.2. The quantitative estimate of drug-likeness (QED) is 0.302. The average Bonchev–Trinajstić information content (AvgIpc) is 3.58. The number of hydrogen-bond acceptors (Lipinski definition) is 6. The van der Waals surface area contributed by atoms with Gasteiger partial charge in [0.05, 0.1) is 27.4 Å². The standard InChI is InChI=1S/C27H30ClN5O3S2/c1-17-7-9-22(10-8-17)38(35,36)33-11-5-6-23(33)26(34)31(12-13-32-20(4)15-19(3)30-32)27-29-25-18(2)14-21(28)16-24(25)37-27/h7-10,14-16,23H,5-6,11-13H2,1-4H3. The third-order valence-corrected chi connectivity index (χ3v) is 10.1. The molecule has 5 rings (SSSR count). The summed E-state index contributed by atoms with van der Waals surface area (Å²) >= 11 is 7.67. The molecule has 1 aliphatic rings. The van der Waals surface area contributed by atoms with E-state index in [2.05, 4.69) is 5.10 Å². The van der Waals surface area contributed by atoms with Crippen LogP contribution in [0.2, 0.25) is 5.02 Å². The minimum atomic E-state index is -3.84. The Bertz CT molecular complexity index is 1610. The fraction of sp³-hybridized carbons (Fsp3) is 0.370. The fourth-order valence-corrected chi connectivity index (χ4v) is 8.06. The minimum absolute atomic E-state index is 0.197. The van der Waals surface area contributed by atoms with Gasteiger partial charge in [0.2, 0.25) is 15.9 Å². The summed E-state index contributed by atoms with van der Waals surface area (Å²) in [5, 5.41) is 5.67. The van der Waals surface area contributed by atoms with Gasteiger partial charge in [0, 0.05) is 23.8 Å². The highest BCUT2D eigenvalue weighted by molar-refractivity contribution is 7.89. The lowest BCUT2D eigenvalue weighted by atomic mass is 10.2.